The summed E-state index contributed by atoms with van der Waals surface area (Å²) in [5.41, 5.74) is 0.398. The standard InChI is InChI=1S/C13H11FN2O2/c1-8-2-3-10(14)11(6-8)16-13(18)9-7-15-5-4-12(9)17/h2-7H,1H3,(H,15,17)(H,16,18). The maximum Gasteiger partial charge on any atom is 0.261 e. The Morgan fingerprint density at radius 2 is 2.11 bits per heavy atom. The summed E-state index contributed by atoms with van der Waals surface area (Å²) in [6, 6.07) is 5.60. The molecule has 0 radical (unpaired) electrons. The molecule has 0 atom stereocenters. The summed E-state index contributed by atoms with van der Waals surface area (Å²) in [5.74, 6) is -1.18. The third-order valence-electron chi connectivity index (χ3n) is 2.44. The van der Waals surface area contributed by atoms with Crippen LogP contribution in [0.2, 0.25) is 0 Å². The van der Waals surface area contributed by atoms with Gasteiger partial charge in [0.25, 0.3) is 5.91 Å². The van der Waals surface area contributed by atoms with Crippen molar-refractivity contribution < 1.29 is 9.18 Å². The molecule has 2 rings (SSSR count). The highest BCUT2D eigenvalue weighted by atomic mass is 19.1. The fourth-order valence-electron chi connectivity index (χ4n) is 1.52. The first-order valence-electron chi connectivity index (χ1n) is 5.32. The number of carbonyl (C=O) groups excluding carboxylic acids is 1. The number of halogens is 1. The van der Waals surface area contributed by atoms with Crippen LogP contribution in [0.1, 0.15) is 15.9 Å². The molecule has 1 aromatic heterocycles. The van der Waals surface area contributed by atoms with Crippen molar-refractivity contribution in [3.05, 3.63) is 63.8 Å². The van der Waals surface area contributed by atoms with Crippen molar-refractivity contribution in [2.45, 2.75) is 6.92 Å². The Morgan fingerprint density at radius 1 is 1.33 bits per heavy atom. The lowest BCUT2D eigenvalue weighted by Gasteiger charge is -2.06. The number of H-pyrrole nitrogens is 1. The topological polar surface area (TPSA) is 62.0 Å². The van der Waals surface area contributed by atoms with Crippen molar-refractivity contribution in [2.75, 3.05) is 5.32 Å². The van der Waals surface area contributed by atoms with Crippen molar-refractivity contribution in [1.29, 1.82) is 0 Å². The molecule has 1 amide bonds. The van der Waals surface area contributed by atoms with E-state index in [-0.39, 0.29) is 11.3 Å². The molecule has 0 unspecified atom stereocenters. The highest BCUT2D eigenvalue weighted by Crippen LogP contribution is 2.16. The maximum absolute atomic E-state index is 13.4. The number of hydrogen-bond donors (Lipinski definition) is 2. The predicted octanol–water partition coefficient (Wildman–Crippen LogP) is 2.07. The van der Waals surface area contributed by atoms with E-state index in [1.54, 1.807) is 13.0 Å². The average Bonchev–Trinajstić information content (AvgIpc) is 2.34. The molecule has 2 N–H and O–H groups in total. The molecule has 2 aromatic rings. The van der Waals surface area contributed by atoms with Crippen LogP contribution in [0.3, 0.4) is 0 Å². The van der Waals surface area contributed by atoms with Crippen LogP contribution < -0.4 is 10.7 Å². The number of nitrogens with one attached hydrogen (secondary N) is 2. The van der Waals surface area contributed by atoms with Gasteiger partial charge < -0.3 is 10.3 Å². The smallest absolute Gasteiger partial charge is 0.261 e. The first-order chi connectivity index (χ1) is 8.58. The van der Waals surface area contributed by atoms with Crippen LogP contribution in [0.25, 0.3) is 0 Å². The molecule has 0 fully saturated rings. The maximum atomic E-state index is 13.4. The molecule has 0 spiro atoms. The third-order valence-corrected chi connectivity index (χ3v) is 2.44. The van der Waals surface area contributed by atoms with Gasteiger partial charge in [-0.15, -0.1) is 0 Å². The summed E-state index contributed by atoms with van der Waals surface area (Å²) in [7, 11) is 0. The molecular formula is C13H11FN2O2. The fraction of sp³-hybridized carbons (Fsp3) is 0.0769. The van der Waals surface area contributed by atoms with Crippen LogP contribution in [-0.2, 0) is 0 Å². The van der Waals surface area contributed by atoms with E-state index in [0.717, 1.165) is 5.56 Å². The largest absolute Gasteiger partial charge is 0.367 e. The number of amides is 1. The van der Waals surface area contributed by atoms with E-state index in [1.807, 2.05) is 0 Å². The molecule has 0 saturated carbocycles. The highest BCUT2D eigenvalue weighted by Gasteiger charge is 2.12. The normalized spacial score (nSPS) is 10.1. The van der Waals surface area contributed by atoms with E-state index in [9.17, 15) is 14.0 Å². The van der Waals surface area contributed by atoms with Gasteiger partial charge in [-0.25, -0.2) is 4.39 Å². The van der Waals surface area contributed by atoms with E-state index in [2.05, 4.69) is 10.3 Å². The van der Waals surface area contributed by atoms with Crippen LogP contribution in [0.4, 0.5) is 10.1 Å². The van der Waals surface area contributed by atoms with E-state index in [1.165, 1.54) is 30.6 Å². The zero-order chi connectivity index (χ0) is 13.1. The fourth-order valence-corrected chi connectivity index (χ4v) is 1.52. The number of benzene rings is 1. The van der Waals surface area contributed by atoms with Crippen molar-refractivity contribution in [1.82, 2.24) is 4.98 Å². The number of hydrogen-bond acceptors (Lipinski definition) is 2. The van der Waals surface area contributed by atoms with Gasteiger partial charge in [-0.2, -0.15) is 0 Å². The van der Waals surface area contributed by atoms with Gasteiger partial charge in [-0.1, -0.05) is 6.07 Å². The van der Waals surface area contributed by atoms with Gasteiger partial charge >= 0.3 is 0 Å². The zero-order valence-corrected chi connectivity index (χ0v) is 9.66. The number of aryl methyl sites for hydroxylation is 1. The molecule has 1 heterocycles. The first-order valence-corrected chi connectivity index (χ1v) is 5.32. The molecule has 1 aromatic carbocycles. The van der Waals surface area contributed by atoms with Crippen LogP contribution in [-0.4, -0.2) is 10.9 Å². The Kier molecular flexibility index (Phi) is 3.23. The van der Waals surface area contributed by atoms with Gasteiger partial charge in [0.1, 0.15) is 11.4 Å². The summed E-state index contributed by atoms with van der Waals surface area (Å²) in [6.07, 6.45) is 2.71. The van der Waals surface area contributed by atoms with Crippen molar-refractivity contribution in [3.63, 3.8) is 0 Å². The van der Waals surface area contributed by atoms with E-state index in [0.29, 0.717) is 0 Å². The second kappa shape index (κ2) is 4.83. The minimum atomic E-state index is -0.638. The van der Waals surface area contributed by atoms with Crippen molar-refractivity contribution >= 4 is 11.6 Å². The molecule has 0 aliphatic heterocycles. The predicted molar refractivity (Wildman–Crippen MR) is 66.2 cm³/mol. The summed E-state index contributed by atoms with van der Waals surface area (Å²) in [5, 5.41) is 2.37. The Bertz CT molecular complexity index is 649. The Labute approximate surface area is 102 Å². The number of anilines is 1. The molecule has 92 valence electrons. The van der Waals surface area contributed by atoms with Gasteiger partial charge in [-0.3, -0.25) is 9.59 Å². The quantitative estimate of drug-likeness (QED) is 0.852. The monoisotopic (exact) mass is 246 g/mol. The van der Waals surface area contributed by atoms with Gasteiger partial charge in [0.15, 0.2) is 5.43 Å². The average molecular weight is 246 g/mol. The molecule has 5 heteroatoms. The highest BCUT2D eigenvalue weighted by molar-refractivity contribution is 6.04. The van der Waals surface area contributed by atoms with Crippen LogP contribution in [0.5, 0.6) is 0 Å². The van der Waals surface area contributed by atoms with Crippen LogP contribution in [0.15, 0.2) is 41.5 Å². The summed E-state index contributed by atoms with van der Waals surface area (Å²) in [6.45, 7) is 1.78. The molecule has 0 saturated heterocycles. The summed E-state index contributed by atoms with van der Waals surface area (Å²) >= 11 is 0. The zero-order valence-electron chi connectivity index (χ0n) is 9.66. The second-order valence-electron chi connectivity index (χ2n) is 3.86. The Hall–Kier alpha value is -2.43. The van der Waals surface area contributed by atoms with Crippen LogP contribution in [0, 0.1) is 12.7 Å². The molecule has 4 nitrogen and oxygen atoms in total. The summed E-state index contributed by atoms with van der Waals surface area (Å²) in [4.78, 5) is 25.9. The minimum Gasteiger partial charge on any atom is -0.367 e. The molecule has 0 aliphatic carbocycles. The summed E-state index contributed by atoms with van der Waals surface area (Å²) < 4.78 is 13.4. The SMILES string of the molecule is Cc1ccc(F)c(NC(=O)c2c[nH]ccc2=O)c1. The van der Waals surface area contributed by atoms with Gasteiger partial charge in [0, 0.05) is 18.5 Å². The molecule has 0 bridgehead atoms. The lowest BCUT2D eigenvalue weighted by atomic mass is 10.2. The van der Waals surface area contributed by atoms with E-state index in [4.69, 9.17) is 0 Å². The first kappa shape index (κ1) is 12.0. The van der Waals surface area contributed by atoms with Crippen molar-refractivity contribution in [2.24, 2.45) is 0 Å². The number of aromatic amines is 1. The molecule has 18 heavy (non-hydrogen) atoms. The minimum absolute atomic E-state index is 0.0570. The second-order valence-corrected chi connectivity index (χ2v) is 3.86. The molecule has 0 aliphatic rings. The number of rotatable bonds is 2. The van der Waals surface area contributed by atoms with Crippen LogP contribution >= 0.6 is 0 Å². The van der Waals surface area contributed by atoms with E-state index >= 15 is 0 Å². The van der Waals surface area contributed by atoms with Crippen molar-refractivity contribution in [3.8, 4) is 0 Å². The molecular weight excluding hydrogens is 235 g/mol. The lowest BCUT2D eigenvalue weighted by Crippen LogP contribution is -2.21. The number of aromatic nitrogens is 1. The number of carbonyl (C=O) groups is 1. The van der Waals surface area contributed by atoms with E-state index < -0.39 is 17.2 Å². The Morgan fingerprint density at radius 3 is 2.83 bits per heavy atom. The van der Waals surface area contributed by atoms with Gasteiger partial charge in [0.05, 0.1) is 5.69 Å². The number of pyridine rings is 1. The lowest BCUT2D eigenvalue weighted by molar-refractivity contribution is 0.102. The third kappa shape index (κ3) is 2.45. The van der Waals surface area contributed by atoms with Gasteiger partial charge in [0.2, 0.25) is 0 Å². The Balaban J connectivity index is 2.30. The van der Waals surface area contributed by atoms with Gasteiger partial charge in [-0.05, 0) is 24.6 Å².